The van der Waals surface area contributed by atoms with Gasteiger partial charge in [0.15, 0.2) is 0 Å². The van der Waals surface area contributed by atoms with Gasteiger partial charge in [-0.25, -0.2) is 4.79 Å². The number of alkyl carbamates (subject to hydrolysis) is 1. The Kier molecular flexibility index (Phi) is 4.55. The highest BCUT2D eigenvalue weighted by atomic mass is 16.5. The van der Waals surface area contributed by atoms with Gasteiger partial charge in [-0.3, -0.25) is 0 Å². The van der Waals surface area contributed by atoms with Gasteiger partial charge < -0.3 is 10.1 Å². The van der Waals surface area contributed by atoms with Crippen LogP contribution in [-0.4, -0.2) is 12.1 Å². The summed E-state index contributed by atoms with van der Waals surface area (Å²) in [4.78, 5) is 11.5. The molecule has 1 rings (SSSR count). The molecule has 0 saturated carbocycles. The van der Waals surface area contributed by atoms with Crippen LogP contribution in [0.2, 0.25) is 0 Å². The molecule has 0 fully saturated rings. The average Bonchev–Trinajstić information content (AvgIpc) is 2.26. The fraction of sp³-hybridized carbons (Fsp3) is 0.500. The zero-order valence-electron chi connectivity index (χ0n) is 11.0. The van der Waals surface area contributed by atoms with Gasteiger partial charge >= 0.3 is 6.09 Å². The Morgan fingerprint density at radius 3 is 2.41 bits per heavy atom. The van der Waals surface area contributed by atoms with Gasteiger partial charge in [0.1, 0.15) is 6.61 Å². The predicted octanol–water partition coefficient (Wildman–Crippen LogP) is 3.35. The van der Waals surface area contributed by atoms with Gasteiger partial charge in [-0.2, -0.15) is 0 Å². The lowest BCUT2D eigenvalue weighted by Crippen LogP contribution is -2.41. The predicted molar refractivity (Wildman–Crippen MR) is 68.7 cm³/mol. The summed E-state index contributed by atoms with van der Waals surface area (Å²) >= 11 is 0. The summed E-state index contributed by atoms with van der Waals surface area (Å²) in [5, 5.41) is 2.83. The van der Waals surface area contributed by atoms with Crippen LogP contribution in [-0.2, 0) is 11.3 Å². The first-order valence-corrected chi connectivity index (χ1v) is 5.87. The Bertz CT molecular complexity index is 354. The second kappa shape index (κ2) is 5.71. The Balaban J connectivity index is 2.36. The number of amides is 1. The van der Waals surface area contributed by atoms with E-state index in [1.165, 1.54) is 0 Å². The van der Waals surface area contributed by atoms with Crippen molar-refractivity contribution >= 4 is 6.09 Å². The molecule has 1 aromatic rings. The van der Waals surface area contributed by atoms with Crippen LogP contribution < -0.4 is 5.32 Å². The lowest BCUT2D eigenvalue weighted by molar-refractivity contribution is 0.128. The molecule has 1 atom stereocenters. The molecule has 1 aromatic carbocycles. The molecule has 0 aliphatic carbocycles. The number of rotatable bonds is 3. The standard InChI is InChI=1S/C14H21NO2/c1-11(14(2,3)4)15-13(16)17-10-12-8-6-5-7-9-12/h5-9,11H,10H2,1-4H3,(H,15,16). The lowest BCUT2D eigenvalue weighted by atomic mass is 9.88. The van der Waals surface area contributed by atoms with Gasteiger partial charge in [0.2, 0.25) is 0 Å². The topological polar surface area (TPSA) is 38.3 Å². The Hall–Kier alpha value is -1.51. The molecular weight excluding hydrogens is 214 g/mol. The van der Waals surface area contributed by atoms with Gasteiger partial charge in [-0.15, -0.1) is 0 Å². The van der Waals surface area contributed by atoms with Crippen LogP contribution in [0.5, 0.6) is 0 Å². The molecule has 0 aromatic heterocycles. The van der Waals surface area contributed by atoms with Crippen LogP contribution in [0.25, 0.3) is 0 Å². The maximum atomic E-state index is 11.5. The molecular formula is C14H21NO2. The third kappa shape index (κ3) is 4.89. The first kappa shape index (κ1) is 13.6. The second-order valence-electron chi connectivity index (χ2n) is 5.29. The van der Waals surface area contributed by atoms with Crippen LogP contribution in [0.3, 0.4) is 0 Å². The smallest absolute Gasteiger partial charge is 0.407 e. The van der Waals surface area contributed by atoms with Gasteiger partial charge in [0.05, 0.1) is 0 Å². The van der Waals surface area contributed by atoms with E-state index in [4.69, 9.17) is 4.74 Å². The van der Waals surface area contributed by atoms with E-state index in [0.29, 0.717) is 6.61 Å². The number of benzene rings is 1. The van der Waals surface area contributed by atoms with E-state index in [-0.39, 0.29) is 17.6 Å². The van der Waals surface area contributed by atoms with E-state index in [1.54, 1.807) is 0 Å². The first-order chi connectivity index (χ1) is 7.89. The zero-order valence-corrected chi connectivity index (χ0v) is 11.0. The summed E-state index contributed by atoms with van der Waals surface area (Å²) in [6, 6.07) is 9.72. The van der Waals surface area contributed by atoms with Crippen LogP contribution in [0.1, 0.15) is 33.3 Å². The summed E-state index contributed by atoms with van der Waals surface area (Å²) in [7, 11) is 0. The Morgan fingerprint density at radius 1 is 1.29 bits per heavy atom. The molecule has 1 unspecified atom stereocenters. The molecule has 94 valence electrons. The fourth-order valence-corrected chi connectivity index (χ4v) is 1.16. The molecule has 0 saturated heterocycles. The number of carbonyl (C=O) groups is 1. The Morgan fingerprint density at radius 2 is 1.88 bits per heavy atom. The minimum absolute atomic E-state index is 0.0335. The maximum Gasteiger partial charge on any atom is 0.407 e. The van der Waals surface area contributed by atoms with Gasteiger partial charge in [0.25, 0.3) is 0 Å². The van der Waals surface area contributed by atoms with Gasteiger partial charge in [-0.05, 0) is 17.9 Å². The number of hydrogen-bond donors (Lipinski definition) is 1. The van der Waals surface area contributed by atoms with E-state index >= 15 is 0 Å². The van der Waals surface area contributed by atoms with E-state index in [1.807, 2.05) is 37.3 Å². The molecule has 0 aliphatic heterocycles. The molecule has 1 amide bonds. The number of carbonyl (C=O) groups excluding carboxylic acids is 1. The largest absolute Gasteiger partial charge is 0.445 e. The summed E-state index contributed by atoms with van der Waals surface area (Å²) in [6.07, 6.45) is -0.365. The Labute approximate surface area is 103 Å². The first-order valence-electron chi connectivity index (χ1n) is 5.87. The summed E-state index contributed by atoms with van der Waals surface area (Å²) in [5.74, 6) is 0. The molecule has 0 bridgehead atoms. The van der Waals surface area contributed by atoms with Crippen molar-refractivity contribution < 1.29 is 9.53 Å². The third-order valence-electron chi connectivity index (χ3n) is 2.85. The van der Waals surface area contributed by atoms with E-state index in [0.717, 1.165) is 5.56 Å². The van der Waals surface area contributed by atoms with Crippen molar-refractivity contribution in [1.82, 2.24) is 5.32 Å². The SMILES string of the molecule is CC(NC(=O)OCc1ccccc1)C(C)(C)C. The highest BCUT2D eigenvalue weighted by molar-refractivity contribution is 5.67. The lowest BCUT2D eigenvalue weighted by Gasteiger charge is -2.27. The van der Waals surface area contributed by atoms with Gasteiger partial charge in [0, 0.05) is 6.04 Å². The summed E-state index contributed by atoms with van der Waals surface area (Å²) in [5.41, 5.74) is 1.03. The monoisotopic (exact) mass is 235 g/mol. The maximum absolute atomic E-state index is 11.5. The minimum Gasteiger partial charge on any atom is -0.445 e. The van der Waals surface area contributed by atoms with Crippen molar-refractivity contribution in [1.29, 1.82) is 0 Å². The van der Waals surface area contributed by atoms with E-state index in [2.05, 4.69) is 26.1 Å². The van der Waals surface area contributed by atoms with Crippen molar-refractivity contribution in [3.8, 4) is 0 Å². The quantitative estimate of drug-likeness (QED) is 0.872. The van der Waals surface area contributed by atoms with Crippen molar-refractivity contribution in [3.63, 3.8) is 0 Å². The fourth-order valence-electron chi connectivity index (χ4n) is 1.16. The van der Waals surface area contributed by atoms with Gasteiger partial charge in [-0.1, -0.05) is 51.1 Å². The van der Waals surface area contributed by atoms with Crippen LogP contribution in [0.4, 0.5) is 4.79 Å². The molecule has 3 heteroatoms. The second-order valence-corrected chi connectivity index (χ2v) is 5.29. The van der Waals surface area contributed by atoms with Crippen molar-refractivity contribution in [2.75, 3.05) is 0 Å². The molecule has 3 nitrogen and oxygen atoms in total. The van der Waals surface area contributed by atoms with E-state index < -0.39 is 0 Å². The highest BCUT2D eigenvalue weighted by Gasteiger charge is 2.22. The number of nitrogens with one attached hydrogen (secondary N) is 1. The van der Waals surface area contributed by atoms with Crippen LogP contribution in [0, 0.1) is 5.41 Å². The highest BCUT2D eigenvalue weighted by Crippen LogP contribution is 2.18. The zero-order chi connectivity index (χ0) is 12.9. The normalized spacial score (nSPS) is 12.9. The molecule has 0 heterocycles. The molecule has 17 heavy (non-hydrogen) atoms. The summed E-state index contributed by atoms with van der Waals surface area (Å²) in [6.45, 7) is 8.52. The van der Waals surface area contributed by atoms with Crippen molar-refractivity contribution in [3.05, 3.63) is 35.9 Å². The van der Waals surface area contributed by atoms with Crippen LogP contribution >= 0.6 is 0 Å². The number of hydrogen-bond acceptors (Lipinski definition) is 2. The molecule has 0 spiro atoms. The van der Waals surface area contributed by atoms with E-state index in [9.17, 15) is 4.79 Å². The summed E-state index contributed by atoms with van der Waals surface area (Å²) < 4.78 is 5.14. The molecule has 0 radical (unpaired) electrons. The van der Waals surface area contributed by atoms with Crippen molar-refractivity contribution in [2.24, 2.45) is 5.41 Å². The third-order valence-corrected chi connectivity index (χ3v) is 2.85. The van der Waals surface area contributed by atoms with Crippen molar-refractivity contribution in [2.45, 2.75) is 40.3 Å². The molecule has 0 aliphatic rings. The number of ether oxygens (including phenoxy) is 1. The van der Waals surface area contributed by atoms with Crippen LogP contribution in [0.15, 0.2) is 30.3 Å². The minimum atomic E-state index is -0.365. The molecule has 1 N–H and O–H groups in total. The average molecular weight is 235 g/mol.